The van der Waals surface area contributed by atoms with Crippen LogP contribution in [-0.2, 0) is 11.2 Å². The summed E-state index contributed by atoms with van der Waals surface area (Å²) in [4.78, 5) is 0. The van der Waals surface area contributed by atoms with Crippen LogP contribution in [0.2, 0.25) is 0 Å². The van der Waals surface area contributed by atoms with Crippen molar-refractivity contribution in [3.63, 3.8) is 0 Å². The van der Waals surface area contributed by atoms with E-state index in [9.17, 15) is 0 Å². The van der Waals surface area contributed by atoms with Crippen molar-refractivity contribution in [3.05, 3.63) is 65.7 Å². The SMILES string of the molecule is COc1ccc(C[C@@H]2CC[C@@H](c3ccccc3)O2)cc1. The largest absolute Gasteiger partial charge is 0.497 e. The maximum absolute atomic E-state index is 6.18. The molecule has 0 saturated carbocycles. The van der Waals surface area contributed by atoms with E-state index < -0.39 is 0 Å². The van der Waals surface area contributed by atoms with Crippen molar-refractivity contribution in [2.45, 2.75) is 31.5 Å². The first-order valence-electron chi connectivity index (χ1n) is 7.18. The lowest BCUT2D eigenvalue weighted by molar-refractivity contribution is 0.0451. The predicted molar refractivity (Wildman–Crippen MR) is 80.0 cm³/mol. The summed E-state index contributed by atoms with van der Waals surface area (Å²) in [5.74, 6) is 0.906. The monoisotopic (exact) mass is 268 g/mol. The zero-order valence-electron chi connectivity index (χ0n) is 11.8. The minimum atomic E-state index is 0.263. The number of hydrogen-bond donors (Lipinski definition) is 0. The Morgan fingerprint density at radius 1 is 1.00 bits per heavy atom. The van der Waals surface area contributed by atoms with Crippen LogP contribution in [0.3, 0.4) is 0 Å². The first kappa shape index (κ1) is 13.2. The summed E-state index contributed by atoms with van der Waals surface area (Å²) >= 11 is 0. The lowest BCUT2D eigenvalue weighted by Crippen LogP contribution is -2.10. The predicted octanol–water partition coefficient (Wildman–Crippen LogP) is 4.16. The normalized spacial score (nSPS) is 21.9. The van der Waals surface area contributed by atoms with Crippen LogP contribution in [0.25, 0.3) is 0 Å². The van der Waals surface area contributed by atoms with Gasteiger partial charge in [-0.1, -0.05) is 42.5 Å². The second kappa shape index (κ2) is 6.10. The van der Waals surface area contributed by atoms with E-state index in [1.165, 1.54) is 11.1 Å². The minimum Gasteiger partial charge on any atom is -0.497 e. The van der Waals surface area contributed by atoms with Crippen molar-refractivity contribution in [1.82, 2.24) is 0 Å². The second-order valence-electron chi connectivity index (χ2n) is 5.29. The first-order chi connectivity index (χ1) is 9.85. The van der Waals surface area contributed by atoms with E-state index >= 15 is 0 Å². The molecule has 2 nitrogen and oxygen atoms in total. The average molecular weight is 268 g/mol. The molecule has 1 saturated heterocycles. The zero-order chi connectivity index (χ0) is 13.8. The fourth-order valence-corrected chi connectivity index (χ4v) is 2.79. The van der Waals surface area contributed by atoms with Crippen LogP contribution in [0, 0.1) is 0 Å². The fourth-order valence-electron chi connectivity index (χ4n) is 2.79. The molecule has 2 heteroatoms. The van der Waals surface area contributed by atoms with Crippen LogP contribution in [-0.4, -0.2) is 13.2 Å². The van der Waals surface area contributed by atoms with Gasteiger partial charge in [0.15, 0.2) is 0 Å². The van der Waals surface area contributed by atoms with Crippen molar-refractivity contribution >= 4 is 0 Å². The third kappa shape index (κ3) is 3.02. The number of methoxy groups -OCH3 is 1. The smallest absolute Gasteiger partial charge is 0.118 e. The molecule has 3 rings (SSSR count). The highest BCUT2D eigenvalue weighted by Gasteiger charge is 2.26. The number of hydrogen-bond acceptors (Lipinski definition) is 2. The molecule has 0 radical (unpaired) electrons. The van der Waals surface area contributed by atoms with E-state index in [0.29, 0.717) is 6.10 Å². The van der Waals surface area contributed by atoms with Gasteiger partial charge >= 0.3 is 0 Å². The Bertz CT molecular complexity index is 533. The van der Waals surface area contributed by atoms with Crippen LogP contribution < -0.4 is 4.74 Å². The molecule has 1 aliphatic rings. The zero-order valence-corrected chi connectivity index (χ0v) is 11.8. The van der Waals surface area contributed by atoms with E-state index in [0.717, 1.165) is 25.0 Å². The summed E-state index contributed by atoms with van der Waals surface area (Å²) in [5.41, 5.74) is 2.61. The summed E-state index contributed by atoms with van der Waals surface area (Å²) < 4.78 is 11.4. The van der Waals surface area contributed by atoms with Crippen molar-refractivity contribution in [3.8, 4) is 5.75 Å². The van der Waals surface area contributed by atoms with E-state index in [2.05, 4.69) is 36.4 Å². The molecule has 2 aromatic carbocycles. The Morgan fingerprint density at radius 3 is 2.45 bits per heavy atom. The summed E-state index contributed by atoms with van der Waals surface area (Å²) in [6.45, 7) is 0. The van der Waals surface area contributed by atoms with Gasteiger partial charge in [0.05, 0.1) is 19.3 Å². The maximum atomic E-state index is 6.18. The number of rotatable bonds is 4. The molecule has 2 aromatic rings. The Kier molecular flexibility index (Phi) is 4.03. The highest BCUT2D eigenvalue weighted by atomic mass is 16.5. The molecule has 0 aliphatic carbocycles. The molecule has 20 heavy (non-hydrogen) atoms. The molecule has 0 aromatic heterocycles. The second-order valence-corrected chi connectivity index (χ2v) is 5.29. The molecular formula is C18H20O2. The summed E-state index contributed by atoms with van der Waals surface area (Å²) in [7, 11) is 1.69. The number of benzene rings is 2. The van der Waals surface area contributed by atoms with Crippen molar-refractivity contribution < 1.29 is 9.47 Å². The van der Waals surface area contributed by atoms with Gasteiger partial charge in [-0.2, -0.15) is 0 Å². The van der Waals surface area contributed by atoms with Crippen LogP contribution in [0.5, 0.6) is 5.75 Å². The van der Waals surface area contributed by atoms with Gasteiger partial charge in [-0.3, -0.25) is 0 Å². The molecule has 0 bridgehead atoms. The molecular weight excluding hydrogens is 248 g/mol. The van der Waals surface area contributed by atoms with Crippen LogP contribution in [0.4, 0.5) is 0 Å². The lowest BCUT2D eigenvalue weighted by Gasteiger charge is -2.14. The average Bonchev–Trinajstić information content (AvgIpc) is 2.97. The molecule has 1 aliphatic heterocycles. The van der Waals surface area contributed by atoms with Crippen molar-refractivity contribution in [2.24, 2.45) is 0 Å². The third-order valence-corrected chi connectivity index (χ3v) is 3.90. The maximum Gasteiger partial charge on any atom is 0.118 e. The highest BCUT2D eigenvalue weighted by Crippen LogP contribution is 2.34. The van der Waals surface area contributed by atoms with Gasteiger partial charge in [0.2, 0.25) is 0 Å². The first-order valence-corrected chi connectivity index (χ1v) is 7.18. The molecule has 0 amide bonds. The van der Waals surface area contributed by atoms with Gasteiger partial charge in [0.25, 0.3) is 0 Å². The van der Waals surface area contributed by atoms with Crippen LogP contribution >= 0.6 is 0 Å². The van der Waals surface area contributed by atoms with Gasteiger partial charge < -0.3 is 9.47 Å². The van der Waals surface area contributed by atoms with E-state index in [-0.39, 0.29) is 6.10 Å². The lowest BCUT2D eigenvalue weighted by atomic mass is 10.0. The fraction of sp³-hybridized carbons (Fsp3) is 0.333. The summed E-state index contributed by atoms with van der Waals surface area (Å²) in [5, 5.41) is 0. The third-order valence-electron chi connectivity index (χ3n) is 3.90. The summed E-state index contributed by atoms with van der Waals surface area (Å²) in [6.07, 6.45) is 3.82. The van der Waals surface area contributed by atoms with Gasteiger partial charge in [0, 0.05) is 0 Å². The Hall–Kier alpha value is -1.80. The van der Waals surface area contributed by atoms with E-state index in [4.69, 9.17) is 9.47 Å². The molecule has 104 valence electrons. The van der Waals surface area contributed by atoms with E-state index in [1.807, 2.05) is 18.2 Å². The molecule has 0 spiro atoms. The molecule has 0 unspecified atom stereocenters. The molecule has 0 N–H and O–H groups in total. The Balaban J connectivity index is 1.60. The van der Waals surface area contributed by atoms with Gasteiger partial charge in [-0.25, -0.2) is 0 Å². The standard InChI is InChI=1S/C18H20O2/c1-19-16-9-7-14(8-10-16)13-17-11-12-18(20-17)15-5-3-2-4-6-15/h2-10,17-18H,11-13H2,1H3/t17-,18-/m0/s1. The Labute approximate surface area is 120 Å². The molecule has 1 fully saturated rings. The van der Waals surface area contributed by atoms with Gasteiger partial charge in [0.1, 0.15) is 5.75 Å². The molecule has 1 heterocycles. The number of ether oxygens (including phenoxy) is 2. The highest BCUT2D eigenvalue weighted by molar-refractivity contribution is 5.27. The Morgan fingerprint density at radius 2 is 1.75 bits per heavy atom. The van der Waals surface area contributed by atoms with Crippen molar-refractivity contribution in [1.29, 1.82) is 0 Å². The van der Waals surface area contributed by atoms with Gasteiger partial charge in [-0.15, -0.1) is 0 Å². The van der Waals surface area contributed by atoms with Crippen molar-refractivity contribution in [2.75, 3.05) is 7.11 Å². The molecule has 2 atom stereocenters. The van der Waals surface area contributed by atoms with Gasteiger partial charge in [-0.05, 0) is 42.5 Å². The van der Waals surface area contributed by atoms with E-state index in [1.54, 1.807) is 7.11 Å². The summed E-state index contributed by atoms with van der Waals surface area (Å²) in [6, 6.07) is 18.8. The van der Waals surface area contributed by atoms with Crippen LogP contribution in [0.1, 0.15) is 30.1 Å². The minimum absolute atomic E-state index is 0.263. The quantitative estimate of drug-likeness (QED) is 0.829. The topological polar surface area (TPSA) is 18.5 Å². The van der Waals surface area contributed by atoms with Crippen LogP contribution in [0.15, 0.2) is 54.6 Å².